The van der Waals surface area contributed by atoms with Gasteiger partial charge in [0.1, 0.15) is 23.9 Å². The van der Waals surface area contributed by atoms with Gasteiger partial charge in [-0.1, -0.05) is 76.6 Å². The van der Waals surface area contributed by atoms with Crippen LogP contribution in [0.4, 0.5) is 0 Å². The van der Waals surface area contributed by atoms with E-state index >= 15 is 0 Å². The molecule has 2 bridgehead atoms. The molecule has 0 aromatic heterocycles. The third-order valence-electron chi connectivity index (χ3n) is 7.21. The maximum Gasteiger partial charge on any atom is 0.247 e. The van der Waals surface area contributed by atoms with E-state index in [-0.39, 0.29) is 23.7 Å². The maximum atomic E-state index is 13.9. The Kier molecular flexibility index (Phi) is 10.7. The number of carbonyl (C=O) groups is 3. The van der Waals surface area contributed by atoms with Gasteiger partial charge in [-0.25, -0.2) is 0 Å². The molecule has 2 aromatic rings. The van der Waals surface area contributed by atoms with Crippen LogP contribution in [0.15, 0.2) is 60.8 Å². The highest BCUT2D eigenvalue weighted by Gasteiger charge is 2.38. The number of hydrogen-bond donors (Lipinski definition) is 3. The number of carbonyl (C=O) groups excluding carboxylic acids is 3. The van der Waals surface area contributed by atoms with Crippen molar-refractivity contribution in [1.29, 1.82) is 0 Å². The Morgan fingerprint density at radius 2 is 1.67 bits per heavy atom. The molecule has 8 nitrogen and oxygen atoms in total. The number of hydrogen-bond acceptors (Lipinski definition) is 5. The Hall–Kier alpha value is -3.65. The molecule has 39 heavy (non-hydrogen) atoms. The minimum atomic E-state index is -1.03. The van der Waals surface area contributed by atoms with Crippen LogP contribution in [0.2, 0.25) is 0 Å². The molecule has 3 N–H and O–H groups in total. The molecule has 8 heteroatoms. The fourth-order valence-electron chi connectivity index (χ4n) is 4.55. The second-order valence-electron chi connectivity index (χ2n) is 10.8. The lowest BCUT2D eigenvalue weighted by Crippen LogP contribution is -2.62. The highest BCUT2D eigenvalue weighted by molar-refractivity contribution is 5.94. The molecule has 0 fully saturated rings. The van der Waals surface area contributed by atoms with E-state index in [9.17, 15) is 14.4 Å². The van der Waals surface area contributed by atoms with Crippen molar-refractivity contribution in [3.63, 3.8) is 0 Å². The van der Waals surface area contributed by atoms with Gasteiger partial charge in [0.15, 0.2) is 0 Å². The van der Waals surface area contributed by atoms with Crippen molar-refractivity contribution < 1.29 is 19.1 Å². The molecule has 4 rings (SSSR count). The SMILES string of the molecule is CC[C@H](C)[C@@H]1NC(=O)[C@@H](NC(=O)[C@H](Cc2ccccc2)N(C)C)[C@H](C(C)C)Oc2ccc(cc2)/C=C\NC1=O. The first-order valence-corrected chi connectivity index (χ1v) is 13.7. The summed E-state index contributed by atoms with van der Waals surface area (Å²) in [6, 6.07) is 14.8. The van der Waals surface area contributed by atoms with E-state index in [4.69, 9.17) is 4.74 Å². The monoisotopic (exact) mass is 534 g/mol. The van der Waals surface area contributed by atoms with Gasteiger partial charge >= 0.3 is 0 Å². The molecule has 0 saturated carbocycles. The molecule has 3 amide bonds. The van der Waals surface area contributed by atoms with Crippen molar-refractivity contribution in [2.45, 2.75) is 64.8 Å². The zero-order chi connectivity index (χ0) is 28.5. The van der Waals surface area contributed by atoms with Crippen molar-refractivity contribution >= 4 is 23.8 Å². The van der Waals surface area contributed by atoms with Gasteiger partial charge in [0.2, 0.25) is 17.7 Å². The standard InChI is InChI=1S/C31H42N4O4/c1-7-21(4)26-30(37)32-18-17-22-13-15-24(16-14-22)39-28(20(2)3)27(31(38)33-26)34-29(36)25(35(5)6)19-23-11-9-8-10-12-23/h8-18,20-21,25-28H,7,19H2,1-6H3,(H,32,37)(H,33,38)(H,34,36)/b18-17-/t21-,25-,26-,27-,28-/m0/s1. The van der Waals surface area contributed by atoms with Gasteiger partial charge in [-0.2, -0.15) is 0 Å². The summed E-state index contributed by atoms with van der Waals surface area (Å²) in [5.41, 5.74) is 1.91. The number of amides is 3. The lowest BCUT2D eigenvalue weighted by molar-refractivity contribution is -0.136. The average molecular weight is 535 g/mol. The number of benzene rings is 2. The molecular formula is C31H42N4O4. The second kappa shape index (κ2) is 13.9. The fraction of sp³-hybridized carbons (Fsp3) is 0.452. The van der Waals surface area contributed by atoms with Crippen molar-refractivity contribution in [3.8, 4) is 5.75 Å². The molecular weight excluding hydrogens is 492 g/mol. The number of likely N-dealkylation sites (N-methyl/N-ethyl adjacent to an activating group) is 1. The Bertz CT molecular complexity index is 1130. The molecule has 5 atom stereocenters. The van der Waals surface area contributed by atoms with E-state index in [1.807, 2.05) is 101 Å². The van der Waals surface area contributed by atoms with Crippen LogP contribution in [0, 0.1) is 11.8 Å². The quantitative estimate of drug-likeness (QED) is 0.482. The van der Waals surface area contributed by atoms with E-state index in [0.29, 0.717) is 18.6 Å². The summed E-state index contributed by atoms with van der Waals surface area (Å²) in [5, 5.41) is 8.73. The molecule has 0 spiro atoms. The highest BCUT2D eigenvalue weighted by atomic mass is 16.5. The first-order valence-electron chi connectivity index (χ1n) is 13.7. The number of fused-ring (bicyclic) bond motifs is 10. The van der Waals surface area contributed by atoms with Crippen molar-refractivity contribution in [1.82, 2.24) is 20.9 Å². The summed E-state index contributed by atoms with van der Waals surface area (Å²) < 4.78 is 6.35. The minimum Gasteiger partial charge on any atom is -0.487 e. The normalized spacial score (nSPS) is 22.3. The third kappa shape index (κ3) is 8.17. The maximum absolute atomic E-state index is 13.9. The predicted molar refractivity (Wildman–Crippen MR) is 154 cm³/mol. The number of nitrogens with one attached hydrogen (secondary N) is 3. The van der Waals surface area contributed by atoms with Gasteiger partial charge < -0.3 is 20.7 Å². The second-order valence-corrected chi connectivity index (χ2v) is 10.8. The molecule has 0 saturated heterocycles. The van der Waals surface area contributed by atoms with E-state index in [1.54, 1.807) is 12.3 Å². The highest BCUT2D eigenvalue weighted by Crippen LogP contribution is 2.21. The first kappa shape index (κ1) is 29.9. The molecule has 2 aliphatic rings. The van der Waals surface area contributed by atoms with Crippen LogP contribution in [0.5, 0.6) is 5.75 Å². The van der Waals surface area contributed by atoms with Gasteiger partial charge in [-0.3, -0.25) is 19.3 Å². The lowest BCUT2D eigenvalue weighted by Gasteiger charge is -2.34. The van der Waals surface area contributed by atoms with E-state index in [1.165, 1.54) is 0 Å². The minimum absolute atomic E-state index is 0.128. The summed E-state index contributed by atoms with van der Waals surface area (Å²) in [6.45, 7) is 7.78. The Labute approximate surface area is 232 Å². The van der Waals surface area contributed by atoms with Crippen LogP contribution in [0.25, 0.3) is 6.08 Å². The smallest absolute Gasteiger partial charge is 0.247 e. The molecule has 0 aliphatic carbocycles. The molecule has 210 valence electrons. The van der Waals surface area contributed by atoms with Crippen molar-refractivity contribution in [3.05, 3.63) is 71.9 Å². The summed E-state index contributed by atoms with van der Waals surface area (Å²) in [5.74, 6) is -0.734. The summed E-state index contributed by atoms with van der Waals surface area (Å²) >= 11 is 0. The zero-order valence-electron chi connectivity index (χ0n) is 23.8. The molecule has 2 heterocycles. The van der Waals surface area contributed by atoms with Crippen molar-refractivity contribution in [2.75, 3.05) is 14.1 Å². The van der Waals surface area contributed by atoms with E-state index < -0.39 is 30.1 Å². The third-order valence-corrected chi connectivity index (χ3v) is 7.21. The topological polar surface area (TPSA) is 99.8 Å². The summed E-state index contributed by atoms with van der Waals surface area (Å²) in [4.78, 5) is 42.6. The first-order chi connectivity index (χ1) is 18.6. The Balaban J connectivity index is 1.99. The zero-order valence-corrected chi connectivity index (χ0v) is 23.8. The predicted octanol–water partition coefficient (Wildman–Crippen LogP) is 3.38. The van der Waals surface area contributed by atoms with Crippen LogP contribution in [0.3, 0.4) is 0 Å². The Morgan fingerprint density at radius 3 is 2.26 bits per heavy atom. The number of ether oxygens (including phenoxy) is 1. The van der Waals surface area contributed by atoms with Crippen LogP contribution in [-0.2, 0) is 20.8 Å². The van der Waals surface area contributed by atoms with Crippen LogP contribution in [0.1, 0.15) is 45.2 Å². The summed E-state index contributed by atoms with van der Waals surface area (Å²) in [7, 11) is 3.69. The summed E-state index contributed by atoms with van der Waals surface area (Å²) in [6.07, 6.45) is 3.85. The molecule has 2 aromatic carbocycles. The van der Waals surface area contributed by atoms with Gasteiger partial charge in [-0.05, 0) is 61.7 Å². The molecule has 2 aliphatic heterocycles. The lowest BCUT2D eigenvalue weighted by atomic mass is 9.94. The van der Waals surface area contributed by atoms with E-state index in [0.717, 1.165) is 11.1 Å². The fourth-order valence-corrected chi connectivity index (χ4v) is 4.55. The largest absolute Gasteiger partial charge is 0.487 e. The number of nitrogens with zero attached hydrogens (tertiary/aromatic N) is 1. The average Bonchev–Trinajstić information content (AvgIpc) is 2.92. The Morgan fingerprint density at radius 1 is 1.00 bits per heavy atom. The molecule has 0 unspecified atom stereocenters. The van der Waals surface area contributed by atoms with Gasteiger partial charge in [0.05, 0.1) is 6.04 Å². The van der Waals surface area contributed by atoms with Crippen LogP contribution in [-0.4, -0.2) is 60.9 Å². The number of rotatable bonds is 8. The van der Waals surface area contributed by atoms with Gasteiger partial charge in [-0.15, -0.1) is 0 Å². The van der Waals surface area contributed by atoms with Gasteiger partial charge in [0, 0.05) is 6.20 Å². The van der Waals surface area contributed by atoms with Crippen LogP contribution < -0.4 is 20.7 Å². The van der Waals surface area contributed by atoms with Crippen molar-refractivity contribution in [2.24, 2.45) is 11.8 Å². The van der Waals surface area contributed by atoms with Crippen LogP contribution >= 0.6 is 0 Å². The van der Waals surface area contributed by atoms with E-state index in [2.05, 4.69) is 16.0 Å². The van der Waals surface area contributed by atoms with Gasteiger partial charge in [0.25, 0.3) is 0 Å². The molecule has 0 radical (unpaired) electrons.